The fourth-order valence-electron chi connectivity index (χ4n) is 4.26. The minimum atomic E-state index is -3.69. The number of benzene rings is 3. The molecule has 0 heterocycles. The minimum absolute atomic E-state index is 0.0434. The summed E-state index contributed by atoms with van der Waals surface area (Å²) in [7, 11) is -3.69. The molecule has 0 bridgehead atoms. The average molecular weight is 415 g/mol. The Labute approximate surface area is 171 Å². The second-order valence-corrected chi connectivity index (χ2v) is 9.16. The second kappa shape index (κ2) is 7.48. The molecule has 0 radical (unpaired) electrons. The van der Waals surface area contributed by atoms with E-state index in [4.69, 9.17) is 11.6 Å². The molecule has 146 valence electrons. The summed E-state index contributed by atoms with van der Waals surface area (Å²) in [5, 5.41) is 2.81. The number of sulfonamides is 1. The van der Waals surface area contributed by atoms with Crippen LogP contribution in [0.2, 0.25) is 5.02 Å². The zero-order valence-electron chi connectivity index (χ0n) is 15.9. The van der Waals surface area contributed by atoms with Gasteiger partial charge in [-0.2, -0.15) is 0 Å². The Morgan fingerprint density at radius 2 is 1.54 bits per heavy atom. The Morgan fingerprint density at radius 1 is 0.929 bits per heavy atom. The summed E-state index contributed by atoms with van der Waals surface area (Å²) in [5.41, 5.74) is 2.21. The van der Waals surface area contributed by atoms with Crippen molar-refractivity contribution in [2.45, 2.75) is 30.8 Å². The van der Waals surface area contributed by atoms with Crippen molar-refractivity contribution in [2.24, 2.45) is 0 Å². The van der Waals surface area contributed by atoms with Crippen LogP contribution in [0.4, 0.5) is 0 Å². The summed E-state index contributed by atoms with van der Waals surface area (Å²) in [5.74, 6) is 0. The molecule has 0 saturated heterocycles. The van der Waals surface area contributed by atoms with E-state index < -0.39 is 10.0 Å². The number of likely N-dealkylation sites (N-methyl/N-ethyl adjacent to an activating group) is 1. The highest BCUT2D eigenvalue weighted by molar-refractivity contribution is 7.89. The molecular formula is C22H23ClN2O2S. The maximum atomic E-state index is 13.1. The number of halogens is 1. The molecule has 0 aromatic heterocycles. The van der Waals surface area contributed by atoms with Crippen LogP contribution in [0, 0.1) is 0 Å². The molecule has 1 aliphatic carbocycles. The highest BCUT2D eigenvalue weighted by Gasteiger charge is 2.39. The number of nitrogens with one attached hydrogen (secondary N) is 1. The van der Waals surface area contributed by atoms with E-state index in [1.807, 2.05) is 18.2 Å². The maximum absolute atomic E-state index is 13.1. The van der Waals surface area contributed by atoms with Crippen molar-refractivity contribution in [1.29, 1.82) is 0 Å². The van der Waals surface area contributed by atoms with Crippen LogP contribution >= 0.6 is 11.6 Å². The smallest absolute Gasteiger partial charge is 0.241 e. The normalized spacial score (nSPS) is 18.9. The van der Waals surface area contributed by atoms with Gasteiger partial charge in [0, 0.05) is 5.02 Å². The molecule has 0 aliphatic heterocycles. The van der Waals surface area contributed by atoms with Crippen LogP contribution in [0.3, 0.4) is 0 Å². The molecule has 1 aliphatic rings. The van der Waals surface area contributed by atoms with Crippen molar-refractivity contribution < 1.29 is 8.42 Å². The molecule has 0 unspecified atom stereocenters. The topological polar surface area (TPSA) is 49.4 Å². The monoisotopic (exact) mass is 414 g/mol. The summed E-state index contributed by atoms with van der Waals surface area (Å²) in [6, 6.07) is 18.2. The van der Waals surface area contributed by atoms with E-state index in [9.17, 15) is 8.42 Å². The standard InChI is InChI=1S/C22H23ClN2O2S/c1-3-25(4-2)22-19-10-6-8-15-7-5-9-18(20(15)19)21(22)24-28(26,27)17-13-11-16(23)12-14-17/h5-14,21-22,24H,3-4H2,1-2H3/t21-,22-/m0/s1. The first kappa shape index (κ1) is 19.4. The predicted octanol–water partition coefficient (Wildman–Crippen LogP) is 4.91. The van der Waals surface area contributed by atoms with Gasteiger partial charge >= 0.3 is 0 Å². The van der Waals surface area contributed by atoms with E-state index in [0.717, 1.165) is 29.4 Å². The summed E-state index contributed by atoms with van der Waals surface area (Å²) in [4.78, 5) is 2.53. The first-order chi connectivity index (χ1) is 13.5. The van der Waals surface area contributed by atoms with Gasteiger partial charge < -0.3 is 0 Å². The van der Waals surface area contributed by atoms with E-state index in [0.29, 0.717) is 5.02 Å². The van der Waals surface area contributed by atoms with Gasteiger partial charge in [0.15, 0.2) is 0 Å². The first-order valence-corrected chi connectivity index (χ1v) is 11.4. The van der Waals surface area contributed by atoms with Crippen molar-refractivity contribution >= 4 is 32.4 Å². The van der Waals surface area contributed by atoms with E-state index in [1.54, 1.807) is 24.3 Å². The lowest BCUT2D eigenvalue weighted by atomic mass is 10.0. The average Bonchev–Trinajstić information content (AvgIpc) is 2.99. The molecular weight excluding hydrogens is 392 g/mol. The lowest BCUT2D eigenvalue weighted by Crippen LogP contribution is -2.38. The van der Waals surface area contributed by atoms with Crippen LogP contribution in [0.25, 0.3) is 10.8 Å². The van der Waals surface area contributed by atoms with Crippen LogP contribution < -0.4 is 4.72 Å². The maximum Gasteiger partial charge on any atom is 0.241 e. The Hall–Kier alpha value is -1.92. The molecule has 0 saturated carbocycles. The van der Waals surface area contributed by atoms with E-state index >= 15 is 0 Å². The van der Waals surface area contributed by atoms with Gasteiger partial charge in [-0.25, -0.2) is 13.1 Å². The summed E-state index contributed by atoms with van der Waals surface area (Å²) < 4.78 is 29.3. The highest BCUT2D eigenvalue weighted by Crippen LogP contribution is 2.47. The van der Waals surface area contributed by atoms with Crippen LogP contribution in [-0.4, -0.2) is 26.4 Å². The van der Waals surface area contributed by atoms with E-state index in [-0.39, 0.29) is 17.0 Å². The van der Waals surface area contributed by atoms with E-state index in [1.165, 1.54) is 5.56 Å². The van der Waals surface area contributed by atoms with Crippen LogP contribution in [0.15, 0.2) is 65.6 Å². The molecule has 6 heteroatoms. The van der Waals surface area contributed by atoms with E-state index in [2.05, 4.69) is 41.7 Å². The van der Waals surface area contributed by atoms with Gasteiger partial charge in [-0.3, -0.25) is 4.90 Å². The van der Waals surface area contributed by atoms with Crippen molar-refractivity contribution in [1.82, 2.24) is 9.62 Å². The Morgan fingerprint density at radius 3 is 2.14 bits per heavy atom. The molecule has 3 aromatic rings. The highest BCUT2D eigenvalue weighted by atomic mass is 35.5. The molecule has 4 nitrogen and oxygen atoms in total. The molecule has 2 atom stereocenters. The van der Waals surface area contributed by atoms with Gasteiger partial charge in [-0.15, -0.1) is 0 Å². The SMILES string of the molecule is CCN(CC)[C@H]1c2cccc3cccc(c23)[C@@H]1NS(=O)(=O)c1ccc(Cl)cc1. The van der Waals surface area contributed by atoms with Crippen molar-refractivity contribution in [3.8, 4) is 0 Å². The minimum Gasteiger partial charge on any atom is -0.295 e. The molecule has 3 aromatic carbocycles. The third-order valence-electron chi connectivity index (χ3n) is 5.55. The fourth-order valence-corrected chi connectivity index (χ4v) is 5.60. The Bertz CT molecular complexity index is 1100. The van der Waals surface area contributed by atoms with Crippen molar-refractivity contribution in [2.75, 3.05) is 13.1 Å². The van der Waals surface area contributed by atoms with Gasteiger partial charge in [0.05, 0.1) is 17.0 Å². The van der Waals surface area contributed by atoms with Crippen LogP contribution in [0.5, 0.6) is 0 Å². The molecule has 0 fully saturated rings. The number of rotatable bonds is 6. The molecule has 28 heavy (non-hydrogen) atoms. The Balaban J connectivity index is 1.82. The predicted molar refractivity (Wildman–Crippen MR) is 114 cm³/mol. The van der Waals surface area contributed by atoms with Crippen molar-refractivity contribution in [3.05, 3.63) is 76.8 Å². The van der Waals surface area contributed by atoms with Crippen molar-refractivity contribution in [3.63, 3.8) is 0 Å². The molecule has 4 rings (SSSR count). The van der Waals surface area contributed by atoms with Gasteiger partial charge in [0.2, 0.25) is 10.0 Å². The molecule has 0 spiro atoms. The molecule has 0 amide bonds. The summed E-state index contributed by atoms with van der Waals surface area (Å²) in [6.45, 7) is 5.89. The third kappa shape index (κ3) is 3.22. The zero-order valence-corrected chi connectivity index (χ0v) is 17.5. The number of hydrogen-bond donors (Lipinski definition) is 1. The van der Waals surface area contributed by atoms with Gasteiger partial charge in [-0.05, 0) is 59.3 Å². The Kier molecular flexibility index (Phi) is 5.19. The second-order valence-electron chi connectivity index (χ2n) is 7.01. The first-order valence-electron chi connectivity index (χ1n) is 9.49. The van der Waals surface area contributed by atoms with Gasteiger partial charge in [0.25, 0.3) is 0 Å². The summed E-state index contributed by atoms with van der Waals surface area (Å²) >= 11 is 5.93. The third-order valence-corrected chi connectivity index (χ3v) is 7.26. The fraction of sp³-hybridized carbons (Fsp3) is 0.273. The van der Waals surface area contributed by atoms with Crippen LogP contribution in [0.1, 0.15) is 37.1 Å². The number of nitrogens with zero attached hydrogens (tertiary/aromatic N) is 1. The summed E-state index contributed by atoms with van der Waals surface area (Å²) in [6.07, 6.45) is 0. The van der Waals surface area contributed by atoms with Crippen LogP contribution in [-0.2, 0) is 10.0 Å². The quantitative estimate of drug-likeness (QED) is 0.623. The zero-order chi connectivity index (χ0) is 19.9. The lowest BCUT2D eigenvalue weighted by molar-refractivity contribution is 0.190. The van der Waals surface area contributed by atoms with Gasteiger partial charge in [0.1, 0.15) is 0 Å². The van der Waals surface area contributed by atoms with Gasteiger partial charge in [-0.1, -0.05) is 61.8 Å². The number of hydrogen-bond acceptors (Lipinski definition) is 3. The largest absolute Gasteiger partial charge is 0.295 e. The molecule has 1 N–H and O–H groups in total. The lowest BCUT2D eigenvalue weighted by Gasteiger charge is -2.32.